The molecule has 0 aromatic carbocycles. The fraction of sp³-hybridized carbons (Fsp3) is 0.222. The summed E-state index contributed by atoms with van der Waals surface area (Å²) < 4.78 is 6.29. The number of carbonyl (C=O) groups is 1. The van der Waals surface area contributed by atoms with Gasteiger partial charge in [0, 0.05) is 13.0 Å². The van der Waals surface area contributed by atoms with Crippen LogP contribution in [0.25, 0.3) is 0 Å². The maximum Gasteiger partial charge on any atom is 0.253 e. The van der Waals surface area contributed by atoms with Crippen molar-refractivity contribution in [1.29, 1.82) is 0 Å². The number of rotatable bonds is 8. The van der Waals surface area contributed by atoms with Crippen molar-refractivity contribution in [3.8, 4) is 0 Å². The molecule has 4 rings (SSSR count). The van der Waals surface area contributed by atoms with E-state index in [1.165, 1.54) is 23.1 Å². The molecule has 0 saturated carbocycles. The topological polar surface area (TPSA) is 83.6 Å². The highest BCUT2D eigenvalue weighted by Crippen LogP contribution is 2.35. The monoisotopic (exact) mass is 431 g/mol. The molecule has 1 amide bonds. The Morgan fingerprint density at radius 2 is 2.36 bits per heavy atom. The lowest BCUT2D eigenvalue weighted by Crippen LogP contribution is -2.28. The minimum absolute atomic E-state index is 0.0891. The van der Waals surface area contributed by atoms with Crippen LogP contribution in [0.2, 0.25) is 0 Å². The fourth-order valence-corrected chi connectivity index (χ4v) is 5.06. The first-order chi connectivity index (χ1) is 13.7. The van der Waals surface area contributed by atoms with E-state index in [2.05, 4.69) is 27.2 Å². The lowest BCUT2D eigenvalue weighted by Gasteiger charge is -2.19. The number of thiophene rings is 1. The predicted molar refractivity (Wildman–Crippen MR) is 113 cm³/mol. The Labute approximate surface area is 174 Å². The molecule has 0 bridgehead atoms. The molecule has 1 unspecified atom stereocenters. The summed E-state index contributed by atoms with van der Waals surface area (Å²) in [7, 11) is 0. The van der Waals surface area contributed by atoms with E-state index in [1.54, 1.807) is 28.7 Å². The maximum atomic E-state index is 12.9. The molecule has 0 fully saturated rings. The molecule has 1 aliphatic rings. The summed E-state index contributed by atoms with van der Waals surface area (Å²) in [4.78, 5) is 14.0. The second kappa shape index (κ2) is 8.72. The summed E-state index contributed by atoms with van der Waals surface area (Å²) in [5, 5.41) is 20.1. The van der Waals surface area contributed by atoms with E-state index in [9.17, 15) is 4.79 Å². The molecule has 0 saturated heterocycles. The lowest BCUT2D eigenvalue weighted by molar-refractivity contribution is -0.130. The van der Waals surface area contributed by atoms with Crippen molar-refractivity contribution in [3.05, 3.63) is 59.2 Å². The van der Waals surface area contributed by atoms with E-state index < -0.39 is 0 Å². The third kappa shape index (κ3) is 4.18. The lowest BCUT2D eigenvalue weighted by atomic mass is 10.1. The fourth-order valence-electron chi connectivity index (χ4n) is 2.72. The molecule has 28 heavy (non-hydrogen) atoms. The molecule has 0 aliphatic carbocycles. The van der Waals surface area contributed by atoms with Gasteiger partial charge in [0.25, 0.3) is 5.91 Å². The SMILES string of the molecule is C=CCNc1nnc(SCC(=O)N2N=C(c3cccs3)CC2c2ccco2)s1. The molecule has 1 aliphatic heterocycles. The van der Waals surface area contributed by atoms with Crippen molar-refractivity contribution < 1.29 is 9.21 Å². The van der Waals surface area contributed by atoms with E-state index in [0.717, 1.165) is 20.7 Å². The van der Waals surface area contributed by atoms with Gasteiger partial charge in [0.15, 0.2) is 4.34 Å². The van der Waals surface area contributed by atoms with Crippen LogP contribution in [0.5, 0.6) is 0 Å². The van der Waals surface area contributed by atoms with Gasteiger partial charge >= 0.3 is 0 Å². The number of furan rings is 1. The summed E-state index contributed by atoms with van der Waals surface area (Å²) in [6.07, 6.45) is 4.01. The number of hydrogen-bond acceptors (Lipinski definition) is 9. The van der Waals surface area contributed by atoms with Gasteiger partial charge in [-0.05, 0) is 23.6 Å². The first kappa shape index (κ1) is 18.9. The average molecular weight is 432 g/mol. The average Bonchev–Trinajstić information content (AvgIpc) is 3.48. The number of carbonyl (C=O) groups excluding carboxylic acids is 1. The van der Waals surface area contributed by atoms with E-state index in [-0.39, 0.29) is 17.7 Å². The second-order valence-electron chi connectivity index (χ2n) is 5.83. The summed E-state index contributed by atoms with van der Waals surface area (Å²) in [5.74, 6) is 0.878. The largest absolute Gasteiger partial charge is 0.467 e. The van der Waals surface area contributed by atoms with Crippen molar-refractivity contribution in [1.82, 2.24) is 15.2 Å². The molecule has 4 heterocycles. The molecule has 3 aromatic heterocycles. The molecule has 7 nitrogen and oxygen atoms in total. The number of amides is 1. The van der Waals surface area contributed by atoms with Crippen LogP contribution in [-0.2, 0) is 4.79 Å². The highest BCUT2D eigenvalue weighted by Gasteiger charge is 2.35. The van der Waals surface area contributed by atoms with Gasteiger partial charge in [-0.2, -0.15) is 5.10 Å². The Morgan fingerprint density at radius 1 is 1.43 bits per heavy atom. The molecule has 0 radical (unpaired) electrons. The number of hydrogen-bond donors (Lipinski definition) is 1. The van der Waals surface area contributed by atoms with Crippen molar-refractivity contribution >= 4 is 51.2 Å². The van der Waals surface area contributed by atoms with Crippen LogP contribution in [-0.4, -0.2) is 39.1 Å². The van der Waals surface area contributed by atoms with Gasteiger partial charge in [0.2, 0.25) is 5.13 Å². The molecule has 144 valence electrons. The number of aromatic nitrogens is 2. The van der Waals surface area contributed by atoms with Gasteiger partial charge in [-0.15, -0.1) is 28.1 Å². The van der Waals surface area contributed by atoms with Crippen molar-refractivity contribution in [2.24, 2.45) is 5.10 Å². The van der Waals surface area contributed by atoms with Crippen molar-refractivity contribution in [2.45, 2.75) is 16.8 Å². The molecule has 1 atom stereocenters. The highest BCUT2D eigenvalue weighted by molar-refractivity contribution is 8.01. The minimum Gasteiger partial charge on any atom is -0.467 e. The van der Waals surface area contributed by atoms with Crippen LogP contribution in [0, 0.1) is 0 Å². The van der Waals surface area contributed by atoms with Crippen LogP contribution in [0.4, 0.5) is 5.13 Å². The molecule has 1 N–H and O–H groups in total. The van der Waals surface area contributed by atoms with Gasteiger partial charge in [0.1, 0.15) is 11.8 Å². The summed E-state index contributed by atoms with van der Waals surface area (Å²) >= 11 is 4.39. The van der Waals surface area contributed by atoms with Crippen molar-refractivity contribution in [2.75, 3.05) is 17.6 Å². The third-order valence-corrected chi connectivity index (χ3v) is 6.88. The second-order valence-corrected chi connectivity index (χ2v) is 8.98. The smallest absolute Gasteiger partial charge is 0.253 e. The van der Waals surface area contributed by atoms with Crippen LogP contribution < -0.4 is 5.32 Å². The first-order valence-electron chi connectivity index (χ1n) is 8.52. The van der Waals surface area contributed by atoms with Gasteiger partial charge < -0.3 is 9.73 Å². The van der Waals surface area contributed by atoms with Crippen LogP contribution >= 0.6 is 34.4 Å². The summed E-state index contributed by atoms with van der Waals surface area (Å²) in [5.41, 5.74) is 0.904. The van der Waals surface area contributed by atoms with Crippen LogP contribution in [0.1, 0.15) is 23.1 Å². The standard InChI is InChI=1S/C18H17N5O2S3/c1-2-7-19-17-20-21-18(28-17)27-11-16(24)23-13(14-5-3-8-25-14)10-12(22-23)15-6-4-9-26-15/h2-6,8-9,13H,1,7,10-11H2,(H,19,20). The predicted octanol–water partition coefficient (Wildman–Crippen LogP) is 4.26. The number of thioether (sulfide) groups is 1. The molecular weight excluding hydrogens is 414 g/mol. The molecule has 3 aromatic rings. The minimum atomic E-state index is -0.223. The Balaban J connectivity index is 1.45. The molecule has 0 spiro atoms. The van der Waals surface area contributed by atoms with Crippen LogP contribution in [0.3, 0.4) is 0 Å². The van der Waals surface area contributed by atoms with Gasteiger partial charge in [-0.3, -0.25) is 4.79 Å². The summed E-state index contributed by atoms with van der Waals surface area (Å²) in [6.45, 7) is 4.28. The van der Waals surface area contributed by atoms with E-state index in [4.69, 9.17) is 4.42 Å². The van der Waals surface area contributed by atoms with E-state index >= 15 is 0 Å². The van der Waals surface area contributed by atoms with E-state index in [0.29, 0.717) is 18.1 Å². The highest BCUT2D eigenvalue weighted by atomic mass is 32.2. The quantitative estimate of drug-likeness (QED) is 0.424. The third-order valence-electron chi connectivity index (χ3n) is 3.97. The van der Waals surface area contributed by atoms with Crippen molar-refractivity contribution in [3.63, 3.8) is 0 Å². The number of anilines is 1. The number of nitrogens with one attached hydrogen (secondary N) is 1. The van der Waals surface area contributed by atoms with Gasteiger partial charge in [0.05, 0.1) is 22.6 Å². The van der Waals surface area contributed by atoms with E-state index in [1.807, 2.05) is 29.6 Å². The summed E-state index contributed by atoms with van der Waals surface area (Å²) in [6, 6.07) is 7.49. The maximum absolute atomic E-state index is 12.9. The molecular formula is C18H17N5O2S3. The Bertz CT molecular complexity index is 965. The zero-order valence-corrected chi connectivity index (χ0v) is 17.2. The zero-order chi connectivity index (χ0) is 19.3. The normalized spacial score (nSPS) is 16.2. The number of nitrogens with zero attached hydrogens (tertiary/aromatic N) is 4. The Morgan fingerprint density at radius 3 is 3.11 bits per heavy atom. The van der Waals surface area contributed by atoms with Gasteiger partial charge in [-0.25, -0.2) is 5.01 Å². The molecule has 10 heteroatoms. The number of hydrazone groups is 1. The zero-order valence-electron chi connectivity index (χ0n) is 14.8. The first-order valence-corrected chi connectivity index (χ1v) is 11.2. The van der Waals surface area contributed by atoms with Gasteiger partial charge in [-0.1, -0.05) is 35.2 Å². The Hall–Kier alpha value is -2.43. The van der Waals surface area contributed by atoms with Crippen LogP contribution in [0.15, 0.2) is 62.4 Å². The Kier molecular flexibility index (Phi) is 5.89.